The van der Waals surface area contributed by atoms with Crippen LogP contribution in [0.5, 0.6) is 11.5 Å². The number of hydrogen-bond acceptors (Lipinski definition) is 7. The van der Waals surface area contributed by atoms with Gasteiger partial charge in [-0.25, -0.2) is 0 Å². The van der Waals surface area contributed by atoms with Crippen molar-refractivity contribution in [2.24, 2.45) is 7.05 Å². The van der Waals surface area contributed by atoms with Gasteiger partial charge in [-0.3, -0.25) is 9.58 Å². The van der Waals surface area contributed by atoms with Gasteiger partial charge in [-0.1, -0.05) is 11.3 Å². The van der Waals surface area contributed by atoms with Crippen LogP contribution in [0, 0.1) is 0 Å². The van der Waals surface area contributed by atoms with Gasteiger partial charge in [0, 0.05) is 49.3 Å². The monoisotopic (exact) mass is 440 g/mol. The number of methoxy groups -OCH3 is 2. The number of hydrogen-bond donors (Lipinski definition) is 0. The highest BCUT2D eigenvalue weighted by Crippen LogP contribution is 2.49. The van der Waals surface area contributed by atoms with Crippen LogP contribution in [0.3, 0.4) is 0 Å². The van der Waals surface area contributed by atoms with Crippen LogP contribution in [0.4, 0.5) is 0 Å². The average Bonchev–Trinajstić information content (AvgIpc) is 3.45. The van der Waals surface area contributed by atoms with E-state index in [4.69, 9.17) is 14.2 Å². The molecule has 2 unspecified atom stereocenters. The van der Waals surface area contributed by atoms with Crippen molar-refractivity contribution in [2.75, 3.05) is 27.4 Å². The predicted octanol–water partition coefficient (Wildman–Crippen LogP) is 3.70. The lowest BCUT2D eigenvalue weighted by atomic mass is 9.80. The maximum atomic E-state index is 6.51. The lowest BCUT2D eigenvalue weighted by Gasteiger charge is -2.47. The average molecular weight is 441 g/mol. The third kappa shape index (κ3) is 3.73. The zero-order valence-corrected chi connectivity index (χ0v) is 19.0. The Balaban J connectivity index is 1.48. The van der Waals surface area contributed by atoms with Crippen LogP contribution in [0.15, 0.2) is 35.8 Å². The van der Waals surface area contributed by atoms with E-state index >= 15 is 0 Å². The van der Waals surface area contributed by atoms with E-state index in [0.29, 0.717) is 0 Å². The van der Waals surface area contributed by atoms with E-state index in [1.54, 1.807) is 18.9 Å². The van der Waals surface area contributed by atoms with Crippen molar-refractivity contribution < 1.29 is 14.2 Å². The van der Waals surface area contributed by atoms with E-state index in [1.165, 1.54) is 10.4 Å². The minimum Gasteiger partial charge on any atom is -0.497 e. The number of piperidine rings is 1. The molecule has 164 valence electrons. The van der Waals surface area contributed by atoms with Crippen molar-refractivity contribution in [2.45, 2.75) is 37.5 Å². The first kappa shape index (κ1) is 20.5. The molecule has 8 heteroatoms. The van der Waals surface area contributed by atoms with Crippen LogP contribution in [0.2, 0.25) is 0 Å². The molecule has 4 heterocycles. The summed E-state index contributed by atoms with van der Waals surface area (Å²) in [6.07, 6.45) is 4.87. The summed E-state index contributed by atoms with van der Waals surface area (Å²) in [7, 11) is 5.30. The Bertz CT molecular complexity index is 1060. The number of thiophene rings is 1. The SMILES string of the molecule is COc1ccc(CN2CCC3(CC2c2cn(C)nn2)OCCc2ccsc23)c(OC)c1. The predicted molar refractivity (Wildman–Crippen MR) is 119 cm³/mol. The second-order valence-corrected chi connectivity index (χ2v) is 9.22. The van der Waals surface area contributed by atoms with Crippen molar-refractivity contribution in [3.05, 3.63) is 57.5 Å². The number of likely N-dealkylation sites (tertiary alicyclic amines) is 1. The van der Waals surface area contributed by atoms with Gasteiger partial charge in [0.05, 0.1) is 32.6 Å². The van der Waals surface area contributed by atoms with Gasteiger partial charge in [0.2, 0.25) is 0 Å². The molecule has 2 aromatic heterocycles. The number of aromatic nitrogens is 3. The van der Waals surface area contributed by atoms with Crippen LogP contribution < -0.4 is 9.47 Å². The highest BCUT2D eigenvalue weighted by Gasteiger charge is 2.46. The Morgan fingerprint density at radius 2 is 2.16 bits per heavy atom. The fourth-order valence-corrected chi connectivity index (χ4v) is 6.06. The zero-order chi connectivity index (χ0) is 21.4. The highest BCUT2D eigenvalue weighted by molar-refractivity contribution is 7.10. The lowest BCUT2D eigenvalue weighted by molar-refractivity contribution is -0.114. The van der Waals surface area contributed by atoms with E-state index in [0.717, 1.165) is 61.7 Å². The van der Waals surface area contributed by atoms with Crippen molar-refractivity contribution >= 4 is 11.3 Å². The Hall–Kier alpha value is -2.42. The molecule has 0 bridgehead atoms. The Kier molecular flexibility index (Phi) is 5.45. The molecule has 0 N–H and O–H groups in total. The van der Waals surface area contributed by atoms with Crippen LogP contribution in [-0.2, 0) is 30.4 Å². The molecule has 0 aliphatic carbocycles. The fourth-order valence-electron chi connectivity index (χ4n) is 4.92. The number of benzene rings is 1. The molecule has 1 fully saturated rings. The summed E-state index contributed by atoms with van der Waals surface area (Å²) in [6, 6.07) is 8.39. The highest BCUT2D eigenvalue weighted by atomic mass is 32.1. The van der Waals surface area contributed by atoms with Gasteiger partial charge in [-0.15, -0.1) is 16.4 Å². The molecule has 0 amide bonds. The molecule has 2 atom stereocenters. The maximum absolute atomic E-state index is 6.51. The third-order valence-electron chi connectivity index (χ3n) is 6.51. The number of aryl methyl sites for hydroxylation is 1. The maximum Gasteiger partial charge on any atom is 0.127 e. The van der Waals surface area contributed by atoms with E-state index in [1.807, 2.05) is 36.7 Å². The van der Waals surface area contributed by atoms with Crippen LogP contribution in [0.1, 0.15) is 40.6 Å². The second kappa shape index (κ2) is 8.26. The number of nitrogens with zero attached hydrogens (tertiary/aromatic N) is 4. The van der Waals surface area contributed by atoms with Gasteiger partial charge in [0.25, 0.3) is 0 Å². The topological polar surface area (TPSA) is 61.6 Å². The minimum absolute atomic E-state index is 0.113. The van der Waals surface area contributed by atoms with Crippen molar-refractivity contribution in [3.63, 3.8) is 0 Å². The van der Waals surface area contributed by atoms with E-state index in [-0.39, 0.29) is 11.6 Å². The Morgan fingerprint density at radius 3 is 2.94 bits per heavy atom. The molecule has 31 heavy (non-hydrogen) atoms. The van der Waals surface area contributed by atoms with Crippen molar-refractivity contribution in [3.8, 4) is 11.5 Å². The molecular weight excluding hydrogens is 412 g/mol. The summed E-state index contributed by atoms with van der Waals surface area (Å²) in [4.78, 5) is 3.87. The Morgan fingerprint density at radius 1 is 1.26 bits per heavy atom. The molecule has 0 saturated carbocycles. The molecular formula is C23H28N4O3S. The summed E-state index contributed by atoms with van der Waals surface area (Å²) in [5.74, 6) is 1.64. The first-order chi connectivity index (χ1) is 15.1. The van der Waals surface area contributed by atoms with Crippen molar-refractivity contribution in [1.82, 2.24) is 19.9 Å². The standard InChI is InChI=1S/C23H28N4O3S/c1-26-15-19(24-25-26)20-13-23(22-16(6-10-30-23)7-11-31-22)8-9-27(20)14-17-4-5-18(28-2)12-21(17)29-3/h4-5,7,11-12,15,20H,6,8-10,13-14H2,1-3H3. The molecule has 1 aromatic carbocycles. The van der Waals surface area contributed by atoms with Crippen molar-refractivity contribution in [1.29, 1.82) is 0 Å². The van der Waals surface area contributed by atoms with E-state index in [9.17, 15) is 0 Å². The molecule has 5 rings (SSSR count). The van der Waals surface area contributed by atoms with Crippen LogP contribution >= 0.6 is 11.3 Å². The van der Waals surface area contributed by atoms with Gasteiger partial charge in [0.15, 0.2) is 0 Å². The summed E-state index contributed by atoms with van der Waals surface area (Å²) in [5, 5.41) is 10.9. The quantitative estimate of drug-likeness (QED) is 0.603. The molecule has 7 nitrogen and oxygen atoms in total. The molecule has 1 spiro atoms. The fraction of sp³-hybridized carbons (Fsp3) is 0.478. The third-order valence-corrected chi connectivity index (χ3v) is 7.65. The molecule has 3 aromatic rings. The summed E-state index contributed by atoms with van der Waals surface area (Å²) in [6.45, 7) is 2.46. The summed E-state index contributed by atoms with van der Waals surface area (Å²) in [5.41, 5.74) is 3.33. The van der Waals surface area contributed by atoms with Gasteiger partial charge in [-0.05, 0) is 35.9 Å². The number of rotatable bonds is 5. The Labute approximate surface area is 186 Å². The molecule has 0 radical (unpaired) electrons. The first-order valence-corrected chi connectivity index (χ1v) is 11.5. The number of ether oxygens (including phenoxy) is 3. The molecule has 2 aliphatic heterocycles. The largest absolute Gasteiger partial charge is 0.497 e. The first-order valence-electron chi connectivity index (χ1n) is 10.6. The van der Waals surface area contributed by atoms with Gasteiger partial charge >= 0.3 is 0 Å². The van der Waals surface area contributed by atoms with Crippen LogP contribution in [-0.4, -0.2) is 47.3 Å². The van der Waals surface area contributed by atoms with E-state index in [2.05, 4.69) is 32.7 Å². The molecule has 1 saturated heterocycles. The lowest BCUT2D eigenvalue weighted by Crippen LogP contribution is -2.47. The van der Waals surface area contributed by atoms with Gasteiger partial charge in [-0.2, -0.15) is 0 Å². The van der Waals surface area contributed by atoms with E-state index < -0.39 is 0 Å². The minimum atomic E-state index is -0.232. The molecule has 2 aliphatic rings. The summed E-state index contributed by atoms with van der Waals surface area (Å²) < 4.78 is 19.3. The van der Waals surface area contributed by atoms with Gasteiger partial charge in [0.1, 0.15) is 17.1 Å². The number of fused-ring (bicyclic) bond motifs is 2. The smallest absolute Gasteiger partial charge is 0.127 e. The van der Waals surface area contributed by atoms with Gasteiger partial charge < -0.3 is 14.2 Å². The van der Waals surface area contributed by atoms with Crippen LogP contribution in [0.25, 0.3) is 0 Å². The normalized spacial score (nSPS) is 23.6. The summed E-state index contributed by atoms with van der Waals surface area (Å²) >= 11 is 1.83. The zero-order valence-electron chi connectivity index (χ0n) is 18.2. The second-order valence-electron chi connectivity index (χ2n) is 8.30.